The van der Waals surface area contributed by atoms with Gasteiger partial charge in [0.25, 0.3) is 0 Å². The van der Waals surface area contributed by atoms with Crippen LogP contribution in [-0.2, 0) is 16.1 Å². The summed E-state index contributed by atoms with van der Waals surface area (Å²) in [6, 6.07) is 6.71. The molecule has 0 bridgehead atoms. The van der Waals surface area contributed by atoms with Crippen LogP contribution < -0.4 is 0 Å². The van der Waals surface area contributed by atoms with Gasteiger partial charge in [0.15, 0.2) is 0 Å². The van der Waals surface area contributed by atoms with Gasteiger partial charge in [-0.05, 0) is 17.7 Å². The molecule has 0 N–H and O–H groups in total. The molecule has 1 spiro atoms. The van der Waals surface area contributed by atoms with Crippen LogP contribution in [0, 0.1) is 11.2 Å². The number of nitrogens with zero attached hydrogens (tertiary/aromatic N) is 2. The summed E-state index contributed by atoms with van der Waals surface area (Å²) in [5, 5.41) is 0. The molecule has 1 amide bonds. The SMILES string of the molecule is CN1C[C@]2(COCCN(Cc3cccc(F)c3)C2)CC1=O. The highest BCUT2D eigenvalue weighted by molar-refractivity contribution is 5.79. The fraction of sp³-hybridized carbons (Fsp3) is 0.562. The Kier molecular flexibility index (Phi) is 3.95. The Morgan fingerprint density at radius 1 is 1.38 bits per heavy atom. The third-order valence-electron chi connectivity index (χ3n) is 4.34. The molecule has 2 heterocycles. The van der Waals surface area contributed by atoms with Crippen molar-refractivity contribution in [1.29, 1.82) is 0 Å². The van der Waals surface area contributed by atoms with Crippen molar-refractivity contribution < 1.29 is 13.9 Å². The normalized spacial score (nSPS) is 27.3. The Morgan fingerprint density at radius 2 is 2.24 bits per heavy atom. The quantitative estimate of drug-likeness (QED) is 0.828. The Labute approximate surface area is 124 Å². The Balaban J connectivity index is 1.72. The molecule has 5 heteroatoms. The number of amides is 1. The van der Waals surface area contributed by atoms with Gasteiger partial charge in [-0.15, -0.1) is 0 Å². The minimum atomic E-state index is -0.205. The average Bonchev–Trinajstić information content (AvgIpc) is 2.58. The van der Waals surface area contributed by atoms with Gasteiger partial charge in [0.05, 0.1) is 13.2 Å². The smallest absolute Gasteiger partial charge is 0.223 e. The van der Waals surface area contributed by atoms with Crippen molar-refractivity contribution in [3.05, 3.63) is 35.6 Å². The molecule has 1 aromatic carbocycles. The van der Waals surface area contributed by atoms with E-state index in [2.05, 4.69) is 4.90 Å². The van der Waals surface area contributed by atoms with Crippen LogP contribution in [0.3, 0.4) is 0 Å². The molecule has 2 aliphatic rings. The molecule has 21 heavy (non-hydrogen) atoms. The molecule has 0 saturated carbocycles. The molecule has 0 radical (unpaired) electrons. The summed E-state index contributed by atoms with van der Waals surface area (Å²) in [6.07, 6.45) is 0.545. The summed E-state index contributed by atoms with van der Waals surface area (Å²) >= 11 is 0. The van der Waals surface area contributed by atoms with E-state index in [-0.39, 0.29) is 17.1 Å². The molecule has 4 nitrogen and oxygen atoms in total. The molecule has 0 aliphatic carbocycles. The van der Waals surface area contributed by atoms with Crippen molar-refractivity contribution in [3.63, 3.8) is 0 Å². The molecule has 0 unspecified atom stereocenters. The maximum Gasteiger partial charge on any atom is 0.223 e. The van der Waals surface area contributed by atoms with Crippen molar-refractivity contribution in [3.8, 4) is 0 Å². The van der Waals surface area contributed by atoms with Crippen LogP contribution in [-0.4, -0.2) is 55.6 Å². The van der Waals surface area contributed by atoms with E-state index in [1.54, 1.807) is 17.0 Å². The largest absolute Gasteiger partial charge is 0.379 e. The zero-order chi connectivity index (χ0) is 14.9. The van der Waals surface area contributed by atoms with E-state index >= 15 is 0 Å². The van der Waals surface area contributed by atoms with Gasteiger partial charge in [0.2, 0.25) is 5.91 Å². The van der Waals surface area contributed by atoms with Crippen LogP contribution in [0.5, 0.6) is 0 Å². The van der Waals surface area contributed by atoms with Gasteiger partial charge in [0, 0.05) is 45.1 Å². The first kappa shape index (κ1) is 14.5. The standard InChI is InChI=1S/C16H21FN2O2/c1-18-10-16(8-15(18)20)11-19(5-6-21-12-16)9-13-3-2-4-14(17)7-13/h2-4,7H,5-6,8-12H2,1H3/t16-/m1/s1. The molecule has 2 saturated heterocycles. The Bertz CT molecular complexity index is 537. The van der Waals surface area contributed by atoms with Crippen LogP contribution in [0.2, 0.25) is 0 Å². The second kappa shape index (κ2) is 5.73. The number of benzene rings is 1. The zero-order valence-corrected chi connectivity index (χ0v) is 12.3. The summed E-state index contributed by atoms with van der Waals surface area (Å²) in [5.41, 5.74) is 0.847. The first-order valence-electron chi connectivity index (χ1n) is 7.35. The van der Waals surface area contributed by atoms with Crippen LogP contribution in [0.1, 0.15) is 12.0 Å². The van der Waals surface area contributed by atoms with Crippen LogP contribution in [0.15, 0.2) is 24.3 Å². The lowest BCUT2D eigenvalue weighted by atomic mass is 9.87. The lowest BCUT2D eigenvalue weighted by Crippen LogP contribution is -2.40. The lowest BCUT2D eigenvalue weighted by molar-refractivity contribution is -0.126. The summed E-state index contributed by atoms with van der Waals surface area (Å²) in [7, 11) is 1.85. The van der Waals surface area contributed by atoms with Crippen molar-refractivity contribution >= 4 is 5.91 Å². The summed E-state index contributed by atoms with van der Waals surface area (Å²) in [6.45, 7) is 4.36. The van der Waals surface area contributed by atoms with E-state index in [1.807, 2.05) is 13.1 Å². The molecule has 0 aromatic heterocycles. The summed E-state index contributed by atoms with van der Waals surface area (Å²) in [4.78, 5) is 15.9. The van der Waals surface area contributed by atoms with Gasteiger partial charge in [-0.1, -0.05) is 12.1 Å². The highest BCUT2D eigenvalue weighted by Gasteiger charge is 2.44. The lowest BCUT2D eigenvalue weighted by Gasteiger charge is -2.30. The van der Waals surface area contributed by atoms with E-state index in [1.165, 1.54) is 6.07 Å². The van der Waals surface area contributed by atoms with E-state index in [0.717, 1.165) is 25.2 Å². The molecule has 3 rings (SSSR count). The monoisotopic (exact) mass is 292 g/mol. The number of hydrogen-bond donors (Lipinski definition) is 0. The van der Waals surface area contributed by atoms with Gasteiger partial charge in [-0.2, -0.15) is 0 Å². The molecule has 1 atom stereocenters. The van der Waals surface area contributed by atoms with Gasteiger partial charge < -0.3 is 9.64 Å². The van der Waals surface area contributed by atoms with E-state index in [9.17, 15) is 9.18 Å². The summed E-state index contributed by atoms with van der Waals surface area (Å²) < 4.78 is 19.0. The van der Waals surface area contributed by atoms with Gasteiger partial charge >= 0.3 is 0 Å². The van der Waals surface area contributed by atoms with Gasteiger partial charge in [0.1, 0.15) is 5.82 Å². The number of carbonyl (C=O) groups excluding carboxylic acids is 1. The highest BCUT2D eigenvalue weighted by Crippen LogP contribution is 2.33. The predicted molar refractivity (Wildman–Crippen MR) is 77.2 cm³/mol. The third kappa shape index (κ3) is 3.24. The second-order valence-corrected chi connectivity index (χ2v) is 6.32. The van der Waals surface area contributed by atoms with E-state index in [0.29, 0.717) is 26.2 Å². The number of likely N-dealkylation sites (tertiary alicyclic amines) is 1. The number of rotatable bonds is 2. The van der Waals surface area contributed by atoms with Gasteiger partial charge in [-0.3, -0.25) is 9.69 Å². The fourth-order valence-corrected chi connectivity index (χ4v) is 3.42. The topological polar surface area (TPSA) is 32.8 Å². The van der Waals surface area contributed by atoms with Crippen LogP contribution in [0.25, 0.3) is 0 Å². The number of ether oxygens (including phenoxy) is 1. The maximum atomic E-state index is 13.3. The minimum Gasteiger partial charge on any atom is -0.379 e. The number of carbonyl (C=O) groups is 1. The summed E-state index contributed by atoms with van der Waals surface area (Å²) in [5.74, 6) is -0.0183. The fourth-order valence-electron chi connectivity index (χ4n) is 3.42. The van der Waals surface area contributed by atoms with Crippen LogP contribution in [0.4, 0.5) is 4.39 Å². The number of halogens is 1. The third-order valence-corrected chi connectivity index (χ3v) is 4.34. The zero-order valence-electron chi connectivity index (χ0n) is 12.3. The Hall–Kier alpha value is -1.46. The molecule has 1 aromatic rings. The van der Waals surface area contributed by atoms with Crippen molar-refractivity contribution in [2.24, 2.45) is 5.41 Å². The van der Waals surface area contributed by atoms with Crippen molar-refractivity contribution in [2.45, 2.75) is 13.0 Å². The minimum absolute atomic E-state index is 0.115. The Morgan fingerprint density at radius 3 is 2.95 bits per heavy atom. The van der Waals surface area contributed by atoms with Crippen molar-refractivity contribution in [1.82, 2.24) is 9.80 Å². The predicted octanol–water partition coefficient (Wildman–Crippen LogP) is 1.51. The molecular weight excluding hydrogens is 271 g/mol. The van der Waals surface area contributed by atoms with E-state index < -0.39 is 0 Å². The first-order chi connectivity index (χ1) is 10.1. The number of hydrogen-bond acceptors (Lipinski definition) is 3. The van der Waals surface area contributed by atoms with E-state index in [4.69, 9.17) is 4.74 Å². The average molecular weight is 292 g/mol. The first-order valence-corrected chi connectivity index (χ1v) is 7.35. The van der Waals surface area contributed by atoms with Crippen molar-refractivity contribution in [2.75, 3.05) is 39.9 Å². The van der Waals surface area contributed by atoms with Crippen LogP contribution >= 0.6 is 0 Å². The molecule has 114 valence electrons. The maximum absolute atomic E-state index is 13.3. The highest BCUT2D eigenvalue weighted by atomic mass is 19.1. The van der Waals surface area contributed by atoms with Gasteiger partial charge in [-0.25, -0.2) is 4.39 Å². The molecule has 2 fully saturated rings. The second-order valence-electron chi connectivity index (χ2n) is 6.32. The molecule has 2 aliphatic heterocycles. The molecular formula is C16H21FN2O2.